The van der Waals surface area contributed by atoms with Gasteiger partial charge in [-0.3, -0.25) is 0 Å². The predicted octanol–water partition coefficient (Wildman–Crippen LogP) is 1.67. The smallest absolute Gasteiger partial charge is 0.163 e. The number of nitrogens with one attached hydrogen (secondary N) is 1. The Morgan fingerprint density at radius 2 is 2.25 bits per heavy atom. The summed E-state index contributed by atoms with van der Waals surface area (Å²) in [6.07, 6.45) is 5.26. The zero-order chi connectivity index (χ0) is 11.4. The van der Waals surface area contributed by atoms with Crippen molar-refractivity contribution in [3.63, 3.8) is 0 Å². The van der Waals surface area contributed by atoms with E-state index in [2.05, 4.69) is 10.3 Å². The molecule has 1 aromatic rings. The van der Waals surface area contributed by atoms with Gasteiger partial charge in [0.25, 0.3) is 0 Å². The van der Waals surface area contributed by atoms with Crippen LogP contribution in [-0.4, -0.2) is 22.2 Å². The summed E-state index contributed by atoms with van der Waals surface area (Å²) >= 11 is 0. The number of hydrogen-bond acceptors (Lipinski definition) is 4. The Bertz CT molecular complexity index is 399. The van der Waals surface area contributed by atoms with Gasteiger partial charge in [0.05, 0.1) is 17.8 Å². The van der Waals surface area contributed by atoms with Crippen molar-refractivity contribution in [1.29, 1.82) is 5.26 Å². The highest BCUT2D eigenvalue weighted by Gasteiger charge is 2.23. The van der Waals surface area contributed by atoms with Gasteiger partial charge in [0.2, 0.25) is 0 Å². The lowest BCUT2D eigenvalue weighted by Crippen LogP contribution is -2.36. The van der Waals surface area contributed by atoms with Crippen LogP contribution in [0.4, 0.5) is 5.69 Å². The summed E-state index contributed by atoms with van der Waals surface area (Å²) in [6, 6.07) is 5.71. The van der Waals surface area contributed by atoms with E-state index in [0.717, 1.165) is 31.4 Å². The minimum Gasteiger partial charge on any atom is -0.391 e. The SMILES string of the molecule is N#Cc1ncccc1NC1CCCCC1O. The number of hydrogen-bond donors (Lipinski definition) is 2. The highest BCUT2D eigenvalue weighted by Crippen LogP contribution is 2.23. The molecule has 0 amide bonds. The van der Waals surface area contributed by atoms with Crippen molar-refractivity contribution < 1.29 is 5.11 Å². The zero-order valence-electron chi connectivity index (χ0n) is 9.06. The van der Waals surface area contributed by atoms with Crippen molar-refractivity contribution in [3.8, 4) is 6.07 Å². The van der Waals surface area contributed by atoms with Gasteiger partial charge in [0.1, 0.15) is 6.07 Å². The molecular weight excluding hydrogens is 202 g/mol. The summed E-state index contributed by atoms with van der Waals surface area (Å²) < 4.78 is 0. The first-order valence-corrected chi connectivity index (χ1v) is 5.61. The monoisotopic (exact) mass is 217 g/mol. The lowest BCUT2D eigenvalue weighted by molar-refractivity contribution is 0.116. The molecule has 1 aliphatic rings. The van der Waals surface area contributed by atoms with Crippen LogP contribution >= 0.6 is 0 Å². The number of rotatable bonds is 2. The fourth-order valence-corrected chi connectivity index (χ4v) is 2.09. The van der Waals surface area contributed by atoms with E-state index in [4.69, 9.17) is 5.26 Å². The van der Waals surface area contributed by atoms with Crippen LogP contribution in [0.1, 0.15) is 31.4 Å². The van der Waals surface area contributed by atoms with Gasteiger partial charge in [-0.25, -0.2) is 4.98 Å². The molecule has 4 heteroatoms. The van der Waals surface area contributed by atoms with E-state index in [1.807, 2.05) is 12.1 Å². The van der Waals surface area contributed by atoms with Crippen molar-refractivity contribution >= 4 is 5.69 Å². The third-order valence-corrected chi connectivity index (χ3v) is 2.98. The fraction of sp³-hybridized carbons (Fsp3) is 0.500. The van der Waals surface area contributed by atoms with E-state index in [0.29, 0.717) is 5.69 Å². The number of nitrogens with zero attached hydrogens (tertiary/aromatic N) is 2. The molecule has 1 saturated carbocycles. The molecule has 0 aromatic carbocycles. The Morgan fingerprint density at radius 1 is 1.44 bits per heavy atom. The maximum absolute atomic E-state index is 9.83. The standard InChI is InChI=1S/C12H15N3O/c13-8-11-9(5-3-7-14-11)15-10-4-1-2-6-12(10)16/h3,5,7,10,12,15-16H,1-2,4,6H2. The Labute approximate surface area is 94.9 Å². The van der Waals surface area contributed by atoms with E-state index in [1.54, 1.807) is 12.3 Å². The number of aromatic nitrogens is 1. The summed E-state index contributed by atoms with van der Waals surface area (Å²) in [4.78, 5) is 3.98. The molecule has 84 valence electrons. The van der Waals surface area contributed by atoms with Gasteiger partial charge in [0.15, 0.2) is 5.69 Å². The highest BCUT2D eigenvalue weighted by atomic mass is 16.3. The molecule has 4 nitrogen and oxygen atoms in total. The third kappa shape index (κ3) is 2.31. The quantitative estimate of drug-likeness (QED) is 0.790. The summed E-state index contributed by atoms with van der Waals surface area (Å²) in [5.74, 6) is 0. The third-order valence-electron chi connectivity index (χ3n) is 2.98. The van der Waals surface area contributed by atoms with Crippen LogP contribution < -0.4 is 5.32 Å². The molecule has 0 aliphatic heterocycles. The van der Waals surface area contributed by atoms with Crippen molar-refractivity contribution in [2.24, 2.45) is 0 Å². The number of aliphatic hydroxyl groups excluding tert-OH is 1. The summed E-state index contributed by atoms with van der Waals surface area (Å²) in [7, 11) is 0. The molecule has 0 saturated heterocycles. The van der Waals surface area contributed by atoms with Gasteiger partial charge in [-0.15, -0.1) is 0 Å². The fourth-order valence-electron chi connectivity index (χ4n) is 2.09. The van der Waals surface area contributed by atoms with Crippen LogP contribution in [0.5, 0.6) is 0 Å². The molecule has 1 aliphatic carbocycles. The van der Waals surface area contributed by atoms with Crippen LogP contribution in [-0.2, 0) is 0 Å². The Balaban J connectivity index is 2.11. The van der Waals surface area contributed by atoms with Crippen molar-refractivity contribution in [2.75, 3.05) is 5.32 Å². The van der Waals surface area contributed by atoms with Crippen molar-refractivity contribution in [1.82, 2.24) is 4.98 Å². The molecule has 1 heterocycles. The molecule has 2 N–H and O–H groups in total. The predicted molar refractivity (Wildman–Crippen MR) is 60.8 cm³/mol. The number of aliphatic hydroxyl groups is 1. The maximum Gasteiger partial charge on any atom is 0.163 e. The summed E-state index contributed by atoms with van der Waals surface area (Å²) in [6.45, 7) is 0. The van der Waals surface area contributed by atoms with Crippen LogP contribution in [0.15, 0.2) is 18.3 Å². The molecule has 1 fully saturated rings. The van der Waals surface area contributed by atoms with Crippen LogP contribution in [0.2, 0.25) is 0 Å². The second-order valence-electron chi connectivity index (χ2n) is 4.11. The van der Waals surface area contributed by atoms with E-state index in [9.17, 15) is 5.11 Å². The molecule has 2 atom stereocenters. The maximum atomic E-state index is 9.83. The van der Waals surface area contributed by atoms with Gasteiger partial charge < -0.3 is 10.4 Å². The van der Waals surface area contributed by atoms with Gasteiger partial charge in [-0.05, 0) is 25.0 Å². The molecule has 16 heavy (non-hydrogen) atoms. The number of anilines is 1. The Kier molecular flexibility index (Phi) is 3.37. The zero-order valence-corrected chi connectivity index (χ0v) is 9.06. The lowest BCUT2D eigenvalue weighted by atomic mass is 9.92. The van der Waals surface area contributed by atoms with E-state index >= 15 is 0 Å². The number of pyridine rings is 1. The van der Waals surface area contributed by atoms with Crippen molar-refractivity contribution in [3.05, 3.63) is 24.0 Å². The summed E-state index contributed by atoms with van der Waals surface area (Å²) in [5.41, 5.74) is 1.11. The first kappa shape index (κ1) is 10.9. The summed E-state index contributed by atoms with van der Waals surface area (Å²) in [5, 5.41) is 21.9. The van der Waals surface area contributed by atoms with Gasteiger partial charge >= 0.3 is 0 Å². The van der Waals surface area contributed by atoms with Crippen LogP contribution in [0.3, 0.4) is 0 Å². The van der Waals surface area contributed by atoms with E-state index < -0.39 is 0 Å². The molecule has 0 bridgehead atoms. The molecule has 2 rings (SSSR count). The Hall–Kier alpha value is -1.60. The minimum absolute atomic E-state index is 0.0463. The van der Waals surface area contributed by atoms with E-state index in [1.165, 1.54) is 0 Å². The number of nitriles is 1. The first-order valence-electron chi connectivity index (χ1n) is 5.61. The lowest BCUT2D eigenvalue weighted by Gasteiger charge is -2.29. The molecular formula is C12H15N3O. The average molecular weight is 217 g/mol. The Morgan fingerprint density at radius 3 is 3.00 bits per heavy atom. The second kappa shape index (κ2) is 4.95. The highest BCUT2D eigenvalue weighted by molar-refractivity contribution is 5.54. The van der Waals surface area contributed by atoms with Gasteiger partial charge in [-0.2, -0.15) is 5.26 Å². The molecule has 0 radical (unpaired) electrons. The van der Waals surface area contributed by atoms with Gasteiger partial charge in [-0.1, -0.05) is 12.8 Å². The van der Waals surface area contributed by atoms with Crippen molar-refractivity contribution in [2.45, 2.75) is 37.8 Å². The largest absolute Gasteiger partial charge is 0.391 e. The van der Waals surface area contributed by atoms with Gasteiger partial charge in [0, 0.05) is 6.20 Å². The first-order chi connectivity index (χ1) is 7.81. The molecule has 2 unspecified atom stereocenters. The van der Waals surface area contributed by atoms with E-state index in [-0.39, 0.29) is 12.1 Å². The molecule has 0 spiro atoms. The average Bonchev–Trinajstić information content (AvgIpc) is 2.33. The van der Waals surface area contributed by atoms with Crippen LogP contribution in [0, 0.1) is 11.3 Å². The topological polar surface area (TPSA) is 68.9 Å². The minimum atomic E-state index is -0.319. The molecule has 1 aromatic heterocycles. The second-order valence-corrected chi connectivity index (χ2v) is 4.11. The normalized spacial score (nSPS) is 24.8. The van der Waals surface area contributed by atoms with Crippen LogP contribution in [0.25, 0.3) is 0 Å².